The Labute approximate surface area is 189 Å². The Bertz CT molecular complexity index is 1170. The minimum atomic E-state index is -0.139. The third-order valence-corrected chi connectivity index (χ3v) is 6.09. The molecule has 2 aromatic carbocycles. The number of carbonyl (C=O) groups is 1. The van der Waals surface area contributed by atoms with Gasteiger partial charge < -0.3 is 19.2 Å². The molecule has 168 valence electrons. The first-order valence-electron chi connectivity index (χ1n) is 11.3. The molecule has 0 aliphatic heterocycles. The van der Waals surface area contributed by atoms with Gasteiger partial charge in [-0.3, -0.25) is 4.79 Å². The molecule has 4 rings (SSSR count). The predicted octanol–water partition coefficient (Wildman–Crippen LogP) is 5.75. The lowest BCUT2D eigenvalue weighted by Crippen LogP contribution is -2.20. The SMILES string of the molecule is CCOc1c(/C(C)=C/C(=O)NCc2cccc(OC)c2)cc2c3c(oc2c1C)CCCC3. The van der Waals surface area contributed by atoms with Gasteiger partial charge in [0.1, 0.15) is 22.8 Å². The van der Waals surface area contributed by atoms with Gasteiger partial charge >= 0.3 is 0 Å². The molecule has 0 fully saturated rings. The number of ether oxygens (including phenoxy) is 2. The van der Waals surface area contributed by atoms with E-state index < -0.39 is 0 Å². The summed E-state index contributed by atoms with van der Waals surface area (Å²) < 4.78 is 17.5. The molecule has 1 N–H and O–H groups in total. The smallest absolute Gasteiger partial charge is 0.244 e. The molecule has 0 saturated carbocycles. The number of rotatable bonds is 7. The van der Waals surface area contributed by atoms with Crippen LogP contribution in [0.15, 0.2) is 40.8 Å². The minimum Gasteiger partial charge on any atom is -0.497 e. The van der Waals surface area contributed by atoms with Gasteiger partial charge in [0, 0.05) is 41.1 Å². The summed E-state index contributed by atoms with van der Waals surface area (Å²) >= 11 is 0. The van der Waals surface area contributed by atoms with Crippen molar-refractivity contribution in [3.05, 3.63) is 64.4 Å². The van der Waals surface area contributed by atoms with E-state index in [-0.39, 0.29) is 5.91 Å². The van der Waals surface area contributed by atoms with E-state index >= 15 is 0 Å². The highest BCUT2D eigenvalue weighted by molar-refractivity contribution is 5.98. The number of hydrogen-bond donors (Lipinski definition) is 1. The van der Waals surface area contributed by atoms with Gasteiger partial charge in [-0.15, -0.1) is 0 Å². The molecule has 1 heterocycles. The van der Waals surface area contributed by atoms with Crippen LogP contribution in [0.1, 0.15) is 54.7 Å². The number of methoxy groups -OCH3 is 1. The van der Waals surface area contributed by atoms with Crippen LogP contribution >= 0.6 is 0 Å². The molecule has 5 nitrogen and oxygen atoms in total. The van der Waals surface area contributed by atoms with Gasteiger partial charge in [0.2, 0.25) is 5.91 Å². The Morgan fingerprint density at radius 3 is 2.81 bits per heavy atom. The topological polar surface area (TPSA) is 60.7 Å². The van der Waals surface area contributed by atoms with E-state index in [9.17, 15) is 4.79 Å². The summed E-state index contributed by atoms with van der Waals surface area (Å²) in [5.41, 5.74) is 6.03. The fraction of sp³-hybridized carbons (Fsp3) is 0.370. The number of allylic oxidation sites excluding steroid dienone is 1. The summed E-state index contributed by atoms with van der Waals surface area (Å²) in [6.45, 7) is 6.96. The van der Waals surface area contributed by atoms with Gasteiger partial charge in [-0.25, -0.2) is 0 Å². The van der Waals surface area contributed by atoms with Crippen LogP contribution in [0.25, 0.3) is 16.5 Å². The average molecular weight is 434 g/mol. The van der Waals surface area contributed by atoms with Crippen molar-refractivity contribution in [3.8, 4) is 11.5 Å². The second-order valence-corrected chi connectivity index (χ2v) is 8.30. The van der Waals surface area contributed by atoms with Gasteiger partial charge in [-0.1, -0.05) is 12.1 Å². The van der Waals surface area contributed by atoms with Crippen molar-refractivity contribution < 1.29 is 18.7 Å². The number of nitrogens with one attached hydrogen (secondary N) is 1. The number of hydrogen-bond acceptors (Lipinski definition) is 4. The lowest BCUT2D eigenvalue weighted by molar-refractivity contribution is -0.116. The van der Waals surface area contributed by atoms with Crippen LogP contribution in [0.4, 0.5) is 0 Å². The van der Waals surface area contributed by atoms with Crippen molar-refractivity contribution in [2.24, 2.45) is 0 Å². The number of fused-ring (bicyclic) bond motifs is 3. The maximum absolute atomic E-state index is 12.7. The van der Waals surface area contributed by atoms with Crippen molar-refractivity contribution in [1.82, 2.24) is 5.32 Å². The molecular formula is C27H31NO4. The first-order chi connectivity index (χ1) is 15.5. The average Bonchev–Trinajstić information content (AvgIpc) is 3.18. The molecule has 1 aromatic heterocycles. The second kappa shape index (κ2) is 9.51. The van der Waals surface area contributed by atoms with Gasteiger partial charge in [0.25, 0.3) is 0 Å². The first kappa shape index (κ1) is 22.0. The van der Waals surface area contributed by atoms with Gasteiger partial charge in [-0.05, 0) is 69.4 Å². The Balaban J connectivity index is 1.63. The van der Waals surface area contributed by atoms with Crippen LogP contribution in [0, 0.1) is 6.92 Å². The molecule has 3 aromatic rings. The van der Waals surface area contributed by atoms with E-state index in [4.69, 9.17) is 13.9 Å². The van der Waals surface area contributed by atoms with Crippen LogP contribution in [0.5, 0.6) is 11.5 Å². The van der Waals surface area contributed by atoms with Crippen LogP contribution in [-0.4, -0.2) is 19.6 Å². The third-order valence-electron chi connectivity index (χ3n) is 6.09. The quantitative estimate of drug-likeness (QED) is 0.482. The number of amides is 1. The Morgan fingerprint density at radius 1 is 1.22 bits per heavy atom. The predicted molar refractivity (Wildman–Crippen MR) is 127 cm³/mol. The number of aryl methyl sites for hydroxylation is 3. The van der Waals surface area contributed by atoms with Gasteiger partial charge in [0.05, 0.1) is 13.7 Å². The normalized spacial score (nSPS) is 13.7. The van der Waals surface area contributed by atoms with E-state index in [2.05, 4.69) is 11.4 Å². The maximum atomic E-state index is 12.7. The molecule has 0 atom stereocenters. The number of benzene rings is 2. The molecule has 0 radical (unpaired) electrons. The third kappa shape index (κ3) is 4.38. The number of carbonyl (C=O) groups excluding carboxylic acids is 1. The summed E-state index contributed by atoms with van der Waals surface area (Å²) in [4.78, 5) is 12.7. The number of furan rings is 1. The highest BCUT2D eigenvalue weighted by Crippen LogP contribution is 2.41. The highest BCUT2D eigenvalue weighted by atomic mass is 16.5. The summed E-state index contributed by atoms with van der Waals surface area (Å²) in [5.74, 6) is 2.53. The van der Waals surface area contributed by atoms with Gasteiger partial charge in [-0.2, -0.15) is 0 Å². The largest absolute Gasteiger partial charge is 0.497 e. The molecule has 5 heteroatoms. The molecule has 0 saturated heterocycles. The van der Waals surface area contributed by atoms with E-state index in [1.807, 2.05) is 45.0 Å². The molecule has 32 heavy (non-hydrogen) atoms. The van der Waals surface area contributed by atoms with Crippen molar-refractivity contribution >= 4 is 22.4 Å². The zero-order valence-electron chi connectivity index (χ0n) is 19.3. The Hall–Kier alpha value is -3.21. The summed E-state index contributed by atoms with van der Waals surface area (Å²) in [7, 11) is 1.63. The Kier molecular flexibility index (Phi) is 6.54. The van der Waals surface area contributed by atoms with Crippen LogP contribution < -0.4 is 14.8 Å². The van der Waals surface area contributed by atoms with Crippen molar-refractivity contribution in [2.75, 3.05) is 13.7 Å². The van der Waals surface area contributed by atoms with Crippen molar-refractivity contribution in [2.45, 2.75) is 53.0 Å². The summed E-state index contributed by atoms with van der Waals surface area (Å²) in [6, 6.07) is 9.83. The Morgan fingerprint density at radius 2 is 2.03 bits per heavy atom. The molecule has 1 amide bonds. The van der Waals surface area contributed by atoms with Crippen LogP contribution in [-0.2, 0) is 24.2 Å². The lowest BCUT2D eigenvalue weighted by atomic mass is 9.93. The fourth-order valence-corrected chi connectivity index (χ4v) is 4.46. The molecule has 1 aliphatic carbocycles. The van der Waals surface area contributed by atoms with Crippen molar-refractivity contribution in [1.29, 1.82) is 0 Å². The van der Waals surface area contributed by atoms with E-state index in [0.717, 1.165) is 63.3 Å². The van der Waals surface area contributed by atoms with Gasteiger partial charge in [0.15, 0.2) is 0 Å². The molecule has 0 bridgehead atoms. The van der Waals surface area contributed by atoms with Crippen LogP contribution in [0.3, 0.4) is 0 Å². The maximum Gasteiger partial charge on any atom is 0.244 e. The van der Waals surface area contributed by atoms with E-state index in [0.29, 0.717) is 13.2 Å². The highest BCUT2D eigenvalue weighted by Gasteiger charge is 2.23. The zero-order chi connectivity index (χ0) is 22.7. The molecule has 0 unspecified atom stereocenters. The zero-order valence-corrected chi connectivity index (χ0v) is 19.3. The van der Waals surface area contributed by atoms with Crippen LogP contribution in [0.2, 0.25) is 0 Å². The fourth-order valence-electron chi connectivity index (χ4n) is 4.46. The summed E-state index contributed by atoms with van der Waals surface area (Å²) in [5, 5.41) is 4.12. The minimum absolute atomic E-state index is 0.139. The second-order valence-electron chi connectivity index (χ2n) is 8.30. The van der Waals surface area contributed by atoms with Crippen molar-refractivity contribution in [3.63, 3.8) is 0 Å². The molecular weight excluding hydrogens is 402 g/mol. The molecule has 0 spiro atoms. The van der Waals surface area contributed by atoms with E-state index in [1.165, 1.54) is 18.4 Å². The standard InChI is InChI=1S/C27H31NO4/c1-5-31-26-18(3)27-23(21-11-6-7-12-24(21)32-27)15-22(26)17(2)13-25(29)28-16-19-9-8-10-20(14-19)30-4/h8-10,13-15H,5-7,11-12,16H2,1-4H3,(H,28,29)/b17-13+. The lowest BCUT2D eigenvalue weighted by Gasteiger charge is -2.15. The van der Waals surface area contributed by atoms with E-state index in [1.54, 1.807) is 13.2 Å². The summed E-state index contributed by atoms with van der Waals surface area (Å²) in [6.07, 6.45) is 6.03. The first-order valence-corrected chi connectivity index (χ1v) is 11.3. The monoisotopic (exact) mass is 433 g/mol. The molecule has 1 aliphatic rings.